The van der Waals surface area contributed by atoms with E-state index in [1.54, 1.807) is 12.3 Å². The van der Waals surface area contributed by atoms with Crippen molar-refractivity contribution in [2.75, 3.05) is 23.7 Å². The molecule has 8 nitrogen and oxygen atoms in total. The van der Waals surface area contributed by atoms with Crippen LogP contribution in [0, 0.1) is 19.8 Å². The minimum Gasteiger partial charge on any atom is -0.384 e. The Balaban J connectivity index is 1.61. The Bertz CT molecular complexity index is 785. The Morgan fingerprint density at radius 2 is 2.16 bits per heavy atom. The fourth-order valence-electron chi connectivity index (χ4n) is 3.82. The topological polar surface area (TPSA) is 101 Å². The highest BCUT2D eigenvalue weighted by molar-refractivity contribution is 5.81. The number of aryl methyl sites for hydroxylation is 2. The summed E-state index contributed by atoms with van der Waals surface area (Å²) >= 11 is 0. The first-order valence-electron chi connectivity index (χ1n) is 8.58. The smallest absolute Gasteiger partial charge is 0.228 e. The largest absolute Gasteiger partial charge is 0.384 e. The van der Waals surface area contributed by atoms with E-state index in [4.69, 9.17) is 10.3 Å². The average molecular weight is 342 g/mol. The molecule has 0 aromatic carbocycles. The van der Waals surface area contributed by atoms with Gasteiger partial charge in [-0.3, -0.25) is 4.79 Å². The summed E-state index contributed by atoms with van der Waals surface area (Å²) in [5, 5.41) is 4.01. The summed E-state index contributed by atoms with van der Waals surface area (Å²) in [5.74, 6) is 1.98. The zero-order chi connectivity index (χ0) is 17.6. The Morgan fingerprint density at radius 1 is 1.32 bits per heavy atom. The predicted molar refractivity (Wildman–Crippen MR) is 91.7 cm³/mol. The summed E-state index contributed by atoms with van der Waals surface area (Å²) < 4.78 is 5.25. The number of fused-ring (bicyclic) bond motifs is 4. The van der Waals surface area contributed by atoms with Crippen LogP contribution in [0.4, 0.5) is 11.8 Å². The van der Waals surface area contributed by atoms with E-state index in [1.807, 2.05) is 18.7 Å². The molecule has 3 saturated heterocycles. The van der Waals surface area contributed by atoms with Crippen LogP contribution in [-0.4, -0.2) is 45.1 Å². The number of nitrogen functional groups attached to an aromatic ring is 1. The monoisotopic (exact) mass is 342 g/mol. The van der Waals surface area contributed by atoms with E-state index in [2.05, 4.69) is 20.0 Å². The Morgan fingerprint density at radius 3 is 2.88 bits per heavy atom. The first kappa shape index (κ1) is 15.9. The molecule has 8 heteroatoms. The molecule has 0 radical (unpaired) electrons. The third-order valence-corrected chi connectivity index (χ3v) is 5.25. The van der Waals surface area contributed by atoms with Crippen LogP contribution in [0.1, 0.15) is 29.9 Å². The average Bonchev–Trinajstić information content (AvgIpc) is 2.78. The van der Waals surface area contributed by atoms with Gasteiger partial charge >= 0.3 is 0 Å². The van der Waals surface area contributed by atoms with E-state index in [1.165, 1.54) is 0 Å². The third-order valence-electron chi connectivity index (χ3n) is 5.25. The summed E-state index contributed by atoms with van der Waals surface area (Å²) in [6.45, 7) is 5.71. The Labute approximate surface area is 146 Å². The van der Waals surface area contributed by atoms with Crippen LogP contribution >= 0.6 is 0 Å². The van der Waals surface area contributed by atoms with E-state index < -0.39 is 0 Å². The highest BCUT2D eigenvalue weighted by atomic mass is 16.5. The minimum atomic E-state index is -0.0377. The molecule has 5 heterocycles. The van der Waals surface area contributed by atoms with Gasteiger partial charge in [-0.05, 0) is 32.8 Å². The molecule has 2 N–H and O–H groups in total. The molecule has 0 aliphatic carbocycles. The molecule has 1 amide bonds. The SMILES string of the molecule is Cc1noc(C)c1CN1C(=O)[C@H]2CC[C@@H]1CN(c1nccc(N)n1)C2. The number of amides is 1. The van der Waals surface area contributed by atoms with E-state index in [0.29, 0.717) is 24.9 Å². The van der Waals surface area contributed by atoms with Gasteiger partial charge in [-0.25, -0.2) is 4.98 Å². The lowest BCUT2D eigenvalue weighted by Gasteiger charge is -2.35. The van der Waals surface area contributed by atoms with Crippen molar-refractivity contribution in [1.29, 1.82) is 0 Å². The van der Waals surface area contributed by atoms with Gasteiger partial charge in [-0.15, -0.1) is 0 Å². The van der Waals surface area contributed by atoms with Crippen molar-refractivity contribution in [3.8, 4) is 0 Å². The van der Waals surface area contributed by atoms with Gasteiger partial charge in [0.05, 0.1) is 18.2 Å². The van der Waals surface area contributed by atoms with Crippen molar-refractivity contribution in [3.05, 3.63) is 29.3 Å². The second-order valence-corrected chi connectivity index (χ2v) is 6.88. The van der Waals surface area contributed by atoms with Crippen molar-refractivity contribution in [2.45, 2.75) is 39.3 Å². The molecule has 5 rings (SSSR count). The molecule has 3 fully saturated rings. The summed E-state index contributed by atoms with van der Waals surface area (Å²) in [7, 11) is 0. The fourth-order valence-corrected chi connectivity index (χ4v) is 3.82. The lowest BCUT2D eigenvalue weighted by atomic mass is 9.93. The third kappa shape index (κ3) is 2.81. The number of carbonyl (C=O) groups is 1. The number of piperidine rings is 1. The first-order valence-corrected chi connectivity index (χ1v) is 8.58. The normalized spacial score (nSPS) is 23.2. The van der Waals surface area contributed by atoms with Crippen LogP contribution in [0.25, 0.3) is 0 Å². The molecule has 0 spiro atoms. The predicted octanol–water partition coefficient (Wildman–Crippen LogP) is 1.29. The maximum Gasteiger partial charge on any atom is 0.228 e. The molecule has 2 atom stereocenters. The van der Waals surface area contributed by atoms with Crippen molar-refractivity contribution in [1.82, 2.24) is 20.0 Å². The molecular weight excluding hydrogens is 320 g/mol. The number of hydrogen-bond acceptors (Lipinski definition) is 7. The van der Waals surface area contributed by atoms with Crippen molar-refractivity contribution < 1.29 is 9.32 Å². The van der Waals surface area contributed by atoms with Gasteiger partial charge in [0.15, 0.2) is 0 Å². The van der Waals surface area contributed by atoms with Crippen LogP contribution in [-0.2, 0) is 11.3 Å². The molecule has 132 valence electrons. The number of nitrogens with two attached hydrogens (primary N) is 1. The number of anilines is 2. The molecule has 0 saturated carbocycles. The summed E-state index contributed by atoms with van der Waals surface area (Å²) in [6.07, 6.45) is 3.55. The quantitative estimate of drug-likeness (QED) is 0.897. The molecule has 2 bridgehead atoms. The van der Waals surface area contributed by atoms with Gasteiger partial charge in [0, 0.05) is 30.9 Å². The first-order chi connectivity index (χ1) is 12.0. The second kappa shape index (κ2) is 6.02. The molecule has 2 aromatic heterocycles. The molecular formula is C17H22N6O2. The lowest BCUT2D eigenvalue weighted by molar-refractivity contribution is -0.140. The Hall–Kier alpha value is -2.64. The van der Waals surface area contributed by atoms with Gasteiger partial charge in [0.1, 0.15) is 11.6 Å². The molecule has 25 heavy (non-hydrogen) atoms. The second-order valence-electron chi connectivity index (χ2n) is 6.88. The maximum absolute atomic E-state index is 13.0. The van der Waals surface area contributed by atoms with E-state index in [9.17, 15) is 4.79 Å². The summed E-state index contributed by atoms with van der Waals surface area (Å²) in [6, 6.07) is 1.80. The lowest BCUT2D eigenvalue weighted by Crippen LogP contribution is -2.47. The zero-order valence-corrected chi connectivity index (χ0v) is 14.5. The summed E-state index contributed by atoms with van der Waals surface area (Å²) in [4.78, 5) is 25.7. The van der Waals surface area contributed by atoms with Gasteiger partial charge in [-0.1, -0.05) is 5.16 Å². The van der Waals surface area contributed by atoms with E-state index in [0.717, 1.165) is 36.4 Å². The molecule has 3 aliphatic rings. The van der Waals surface area contributed by atoms with Crippen LogP contribution in [0.2, 0.25) is 0 Å². The highest BCUT2D eigenvalue weighted by Gasteiger charge is 2.41. The number of carbonyl (C=O) groups excluding carboxylic acids is 1. The standard InChI is InChI=1S/C17H22N6O2/c1-10-14(11(2)25-21-10)9-23-13-4-3-12(16(23)24)7-22(8-13)17-19-6-5-15(18)20-17/h5-6,12-13H,3-4,7-9H2,1-2H3,(H2,18,19,20)/t12-,13+/m0/s1. The van der Waals surface area contributed by atoms with Gasteiger partial charge < -0.3 is 20.1 Å². The molecule has 3 aliphatic heterocycles. The van der Waals surface area contributed by atoms with Crippen molar-refractivity contribution in [2.24, 2.45) is 5.92 Å². The fraction of sp³-hybridized carbons (Fsp3) is 0.529. The van der Waals surface area contributed by atoms with Gasteiger partial charge in [0.2, 0.25) is 11.9 Å². The van der Waals surface area contributed by atoms with Crippen molar-refractivity contribution >= 4 is 17.7 Å². The van der Waals surface area contributed by atoms with Crippen molar-refractivity contribution in [3.63, 3.8) is 0 Å². The van der Waals surface area contributed by atoms with E-state index >= 15 is 0 Å². The number of aromatic nitrogens is 3. The highest BCUT2D eigenvalue weighted by Crippen LogP contribution is 2.32. The Kier molecular flexibility index (Phi) is 3.82. The number of rotatable bonds is 3. The zero-order valence-electron chi connectivity index (χ0n) is 14.5. The van der Waals surface area contributed by atoms with Crippen LogP contribution in [0.5, 0.6) is 0 Å². The number of nitrogens with zero attached hydrogens (tertiary/aromatic N) is 5. The summed E-state index contributed by atoms with van der Waals surface area (Å²) in [5.41, 5.74) is 7.65. The van der Waals surface area contributed by atoms with Crippen LogP contribution < -0.4 is 10.6 Å². The maximum atomic E-state index is 13.0. The van der Waals surface area contributed by atoms with Gasteiger partial charge in [-0.2, -0.15) is 4.98 Å². The molecule has 0 unspecified atom stereocenters. The number of hydrogen-bond donors (Lipinski definition) is 1. The van der Waals surface area contributed by atoms with E-state index in [-0.39, 0.29) is 17.9 Å². The molecule has 2 aromatic rings. The minimum absolute atomic E-state index is 0.0377. The van der Waals surface area contributed by atoms with Crippen LogP contribution in [0.3, 0.4) is 0 Å². The van der Waals surface area contributed by atoms with Crippen LogP contribution in [0.15, 0.2) is 16.8 Å². The van der Waals surface area contributed by atoms with Gasteiger partial charge in [0.25, 0.3) is 0 Å².